The number of phenolic OH excluding ortho intramolecular Hbond substituents is 1. The molecule has 0 aliphatic carbocycles. The molecule has 4 rings (SSSR count). The molecule has 2 heterocycles. The van der Waals surface area contributed by atoms with Gasteiger partial charge < -0.3 is 9.84 Å². The van der Waals surface area contributed by atoms with Crippen molar-refractivity contribution in [2.24, 2.45) is 0 Å². The minimum absolute atomic E-state index is 0.0800. The minimum atomic E-state index is -4.37. The maximum atomic E-state index is 12.8. The number of rotatable bonds is 4. The SMILES string of the molecule is COc1ccc(CN2CCc3nc(-c4ccc(C(F)(F)F)cc4)ncc3C2)c(Cl)c1O. The predicted molar refractivity (Wildman–Crippen MR) is 110 cm³/mol. The number of halogens is 4. The molecule has 0 fully saturated rings. The molecule has 0 saturated heterocycles. The highest BCUT2D eigenvalue weighted by molar-refractivity contribution is 6.33. The highest BCUT2D eigenvalue weighted by Crippen LogP contribution is 2.37. The number of methoxy groups -OCH3 is 1. The second-order valence-electron chi connectivity index (χ2n) is 7.29. The Labute approximate surface area is 182 Å². The molecule has 162 valence electrons. The summed E-state index contributed by atoms with van der Waals surface area (Å²) >= 11 is 6.27. The van der Waals surface area contributed by atoms with Crippen molar-refractivity contribution in [3.05, 3.63) is 70.0 Å². The molecule has 31 heavy (non-hydrogen) atoms. The molecule has 0 bridgehead atoms. The van der Waals surface area contributed by atoms with Crippen LogP contribution in [0.25, 0.3) is 11.4 Å². The number of hydrogen-bond donors (Lipinski definition) is 1. The van der Waals surface area contributed by atoms with Crippen molar-refractivity contribution in [1.29, 1.82) is 0 Å². The number of phenols is 1. The Morgan fingerprint density at radius 2 is 1.90 bits per heavy atom. The van der Waals surface area contributed by atoms with Crippen LogP contribution in [0.1, 0.15) is 22.4 Å². The van der Waals surface area contributed by atoms with Gasteiger partial charge in [0.25, 0.3) is 0 Å². The Bertz CT molecular complexity index is 1100. The fourth-order valence-electron chi connectivity index (χ4n) is 3.57. The van der Waals surface area contributed by atoms with Crippen LogP contribution in [0.5, 0.6) is 11.5 Å². The quantitative estimate of drug-likeness (QED) is 0.601. The Kier molecular flexibility index (Phi) is 5.77. The third-order valence-electron chi connectivity index (χ3n) is 5.26. The minimum Gasteiger partial charge on any atom is -0.503 e. The van der Waals surface area contributed by atoms with Gasteiger partial charge in [-0.3, -0.25) is 4.90 Å². The molecule has 1 aromatic heterocycles. The summed E-state index contributed by atoms with van der Waals surface area (Å²) in [5.41, 5.74) is 2.46. The third-order valence-corrected chi connectivity index (χ3v) is 5.68. The molecule has 1 N–H and O–H groups in total. The van der Waals surface area contributed by atoms with E-state index in [0.717, 1.165) is 35.5 Å². The fourth-order valence-corrected chi connectivity index (χ4v) is 3.79. The second-order valence-corrected chi connectivity index (χ2v) is 7.67. The standard InChI is InChI=1S/C22H19ClF3N3O2/c1-31-18-7-4-14(19(23)20(18)30)11-29-9-8-17-15(12-29)10-27-21(28-17)13-2-5-16(6-3-13)22(24,25)26/h2-7,10,30H,8-9,11-12H2,1H3. The van der Waals surface area contributed by atoms with E-state index in [1.807, 2.05) is 6.07 Å². The van der Waals surface area contributed by atoms with Crippen LogP contribution in [0.15, 0.2) is 42.6 Å². The van der Waals surface area contributed by atoms with Gasteiger partial charge in [0.1, 0.15) is 0 Å². The zero-order valence-electron chi connectivity index (χ0n) is 16.6. The zero-order chi connectivity index (χ0) is 22.2. The molecule has 0 saturated carbocycles. The molecule has 0 radical (unpaired) electrons. The normalized spacial score (nSPS) is 14.4. The van der Waals surface area contributed by atoms with Gasteiger partial charge in [-0.1, -0.05) is 29.8 Å². The Morgan fingerprint density at radius 1 is 1.16 bits per heavy atom. The van der Waals surface area contributed by atoms with E-state index in [2.05, 4.69) is 14.9 Å². The lowest BCUT2D eigenvalue weighted by atomic mass is 10.0. The van der Waals surface area contributed by atoms with E-state index in [0.29, 0.717) is 36.6 Å². The summed E-state index contributed by atoms with van der Waals surface area (Å²) in [6, 6.07) is 8.34. The number of ether oxygens (including phenoxy) is 1. The summed E-state index contributed by atoms with van der Waals surface area (Å²) in [4.78, 5) is 11.1. The number of hydrogen-bond acceptors (Lipinski definition) is 5. The van der Waals surface area contributed by atoms with Gasteiger partial charge in [0.2, 0.25) is 0 Å². The van der Waals surface area contributed by atoms with Crippen LogP contribution in [-0.2, 0) is 25.7 Å². The first-order valence-corrected chi connectivity index (χ1v) is 9.93. The summed E-state index contributed by atoms with van der Waals surface area (Å²) in [6.45, 7) is 1.86. The number of aromatic nitrogens is 2. The van der Waals surface area contributed by atoms with Crippen molar-refractivity contribution >= 4 is 11.6 Å². The van der Waals surface area contributed by atoms with Crippen LogP contribution in [0.4, 0.5) is 13.2 Å². The third kappa shape index (κ3) is 4.45. The van der Waals surface area contributed by atoms with Crippen LogP contribution in [0.3, 0.4) is 0 Å². The summed E-state index contributed by atoms with van der Waals surface area (Å²) in [5.74, 6) is 0.648. The molecule has 1 aliphatic heterocycles. The maximum Gasteiger partial charge on any atom is 0.416 e. The van der Waals surface area contributed by atoms with Crippen LogP contribution in [-0.4, -0.2) is 33.6 Å². The van der Waals surface area contributed by atoms with E-state index < -0.39 is 11.7 Å². The molecule has 3 aromatic rings. The van der Waals surface area contributed by atoms with Gasteiger partial charge in [-0.25, -0.2) is 9.97 Å². The molecular formula is C22H19ClF3N3O2. The van der Waals surface area contributed by atoms with Crippen molar-refractivity contribution < 1.29 is 23.0 Å². The summed E-state index contributed by atoms with van der Waals surface area (Å²) in [7, 11) is 1.46. The van der Waals surface area contributed by atoms with E-state index in [-0.39, 0.29) is 10.8 Å². The van der Waals surface area contributed by atoms with Crippen LogP contribution < -0.4 is 4.74 Å². The van der Waals surface area contributed by atoms with E-state index in [9.17, 15) is 18.3 Å². The smallest absolute Gasteiger partial charge is 0.416 e. The molecule has 1 aliphatic rings. The maximum absolute atomic E-state index is 12.8. The molecule has 0 spiro atoms. The van der Waals surface area contributed by atoms with E-state index in [1.165, 1.54) is 19.2 Å². The molecule has 0 atom stereocenters. The first kappa shape index (κ1) is 21.4. The van der Waals surface area contributed by atoms with E-state index in [4.69, 9.17) is 16.3 Å². The summed E-state index contributed by atoms with van der Waals surface area (Å²) in [6.07, 6.45) is -1.98. The van der Waals surface area contributed by atoms with Gasteiger partial charge in [0, 0.05) is 43.4 Å². The van der Waals surface area contributed by atoms with Crippen molar-refractivity contribution in [2.75, 3.05) is 13.7 Å². The topological polar surface area (TPSA) is 58.5 Å². The van der Waals surface area contributed by atoms with Gasteiger partial charge in [-0.2, -0.15) is 13.2 Å². The van der Waals surface area contributed by atoms with Crippen LogP contribution in [0.2, 0.25) is 5.02 Å². The molecule has 5 nitrogen and oxygen atoms in total. The Balaban J connectivity index is 1.49. The number of nitrogens with zero attached hydrogens (tertiary/aromatic N) is 3. The highest BCUT2D eigenvalue weighted by atomic mass is 35.5. The Morgan fingerprint density at radius 3 is 2.58 bits per heavy atom. The van der Waals surface area contributed by atoms with Gasteiger partial charge in [-0.15, -0.1) is 0 Å². The van der Waals surface area contributed by atoms with E-state index >= 15 is 0 Å². The second kappa shape index (κ2) is 8.36. The molecule has 9 heteroatoms. The summed E-state index contributed by atoms with van der Waals surface area (Å²) < 4.78 is 43.3. The van der Waals surface area contributed by atoms with Crippen molar-refractivity contribution in [3.8, 4) is 22.9 Å². The summed E-state index contributed by atoms with van der Waals surface area (Å²) in [5, 5.41) is 10.4. The number of benzene rings is 2. The molecule has 0 unspecified atom stereocenters. The predicted octanol–water partition coefficient (Wildman–Crippen LogP) is 5.09. The van der Waals surface area contributed by atoms with Gasteiger partial charge in [0.15, 0.2) is 17.3 Å². The lowest BCUT2D eigenvalue weighted by molar-refractivity contribution is -0.137. The van der Waals surface area contributed by atoms with Crippen LogP contribution >= 0.6 is 11.6 Å². The van der Waals surface area contributed by atoms with Gasteiger partial charge >= 0.3 is 6.18 Å². The van der Waals surface area contributed by atoms with Crippen molar-refractivity contribution in [3.63, 3.8) is 0 Å². The lowest BCUT2D eigenvalue weighted by Gasteiger charge is -2.28. The fraction of sp³-hybridized carbons (Fsp3) is 0.273. The molecular weight excluding hydrogens is 431 g/mol. The average molecular weight is 450 g/mol. The highest BCUT2D eigenvalue weighted by Gasteiger charge is 2.30. The first-order chi connectivity index (χ1) is 14.8. The molecule has 2 aromatic carbocycles. The Hall–Kier alpha value is -2.84. The largest absolute Gasteiger partial charge is 0.503 e. The van der Waals surface area contributed by atoms with Crippen LogP contribution in [0, 0.1) is 0 Å². The number of aromatic hydroxyl groups is 1. The van der Waals surface area contributed by atoms with Crippen molar-refractivity contribution in [1.82, 2.24) is 14.9 Å². The average Bonchev–Trinajstić information content (AvgIpc) is 2.76. The zero-order valence-corrected chi connectivity index (χ0v) is 17.3. The monoisotopic (exact) mass is 449 g/mol. The van der Waals surface area contributed by atoms with Gasteiger partial charge in [-0.05, 0) is 23.8 Å². The van der Waals surface area contributed by atoms with Gasteiger partial charge in [0.05, 0.1) is 23.4 Å². The number of alkyl halides is 3. The molecule has 0 amide bonds. The van der Waals surface area contributed by atoms with E-state index in [1.54, 1.807) is 12.3 Å². The first-order valence-electron chi connectivity index (χ1n) is 9.55. The van der Waals surface area contributed by atoms with Crippen molar-refractivity contribution in [2.45, 2.75) is 25.7 Å². The lowest BCUT2D eigenvalue weighted by Crippen LogP contribution is -2.31. The number of fused-ring (bicyclic) bond motifs is 1.